The molecule has 2 aromatic rings. The van der Waals surface area contributed by atoms with E-state index in [9.17, 15) is 38.4 Å². The van der Waals surface area contributed by atoms with Crippen LogP contribution < -0.4 is 0 Å². The molecule has 0 aliphatic carbocycles. The van der Waals surface area contributed by atoms with Gasteiger partial charge in [0.05, 0.1) is 0 Å². The molecule has 72 heavy (non-hydrogen) atoms. The number of carbonyl (C=O) groups excluding carboxylic acids is 8. The second-order valence-corrected chi connectivity index (χ2v) is 21.8. The summed E-state index contributed by atoms with van der Waals surface area (Å²) in [7, 11) is 5.58. The maximum absolute atomic E-state index is 14.8. The second kappa shape index (κ2) is 28.6. The summed E-state index contributed by atoms with van der Waals surface area (Å²) in [6.07, 6.45) is -5.68. The molecule has 1 aliphatic rings. The van der Waals surface area contributed by atoms with E-state index in [2.05, 4.69) is 31.9 Å². The van der Waals surface area contributed by atoms with Crippen LogP contribution in [0, 0.1) is 23.7 Å². The maximum atomic E-state index is 14.8. The van der Waals surface area contributed by atoms with Gasteiger partial charge in [-0.3, -0.25) is 19.2 Å². The Morgan fingerprint density at radius 3 is 0.847 bits per heavy atom. The molecule has 3 rings (SSSR count). The lowest BCUT2D eigenvalue weighted by atomic mass is 9.99. The quantitative estimate of drug-likeness (QED) is 0.104. The molecule has 1 saturated heterocycles. The molecule has 0 aromatic heterocycles. The van der Waals surface area contributed by atoms with E-state index in [4.69, 9.17) is 18.9 Å². The number of amides is 4. The summed E-state index contributed by atoms with van der Waals surface area (Å²) >= 11 is 6.90. The molecule has 1 fully saturated rings. The molecule has 2 aromatic carbocycles. The Hall–Kier alpha value is -4.84. The number of cyclic esters (lactones) is 4. The van der Waals surface area contributed by atoms with Gasteiger partial charge in [0.1, 0.15) is 24.2 Å². The van der Waals surface area contributed by atoms with E-state index in [0.29, 0.717) is 21.8 Å². The first-order valence-electron chi connectivity index (χ1n) is 24.9. The molecule has 8 atom stereocenters. The molecule has 4 amide bonds. The van der Waals surface area contributed by atoms with Crippen molar-refractivity contribution in [3.05, 3.63) is 70.8 Å². The van der Waals surface area contributed by atoms with E-state index in [1.165, 1.54) is 42.0 Å². The van der Waals surface area contributed by atoms with Crippen LogP contribution in [0.15, 0.2) is 48.5 Å². The van der Waals surface area contributed by atoms with E-state index < -0.39 is 96.1 Å². The first kappa shape index (κ1) is 61.5. The standard InChI is InChI=1S/C54H78Br2N4O12/c1-31(2)23-41-51(65)69-35(9)47(61)57(11)44(26-34(7)8)54(68)72-46(28-38-17-21-40(30-56)22-18-38)50(64)60(14)42(24-32(3)4)52(66)70-36(10)48(62)58(12)43(25-33(5)6)53(67)71-45(49(63)59(41)13)27-37-15-19-39(29-55)20-16-37/h15-22,31-36,41-46H,23-30H2,1-14H3/t35-,36-,41+,42+,43+,44+,45-,46-/m1/s1. The molecular weight excluding hydrogens is 1060 g/mol. The van der Waals surface area contributed by atoms with Crippen molar-refractivity contribution < 1.29 is 57.3 Å². The summed E-state index contributed by atoms with van der Waals surface area (Å²) in [4.78, 5) is 120. The van der Waals surface area contributed by atoms with Gasteiger partial charge in [-0.15, -0.1) is 0 Å². The van der Waals surface area contributed by atoms with E-state index in [1.54, 1.807) is 24.3 Å². The van der Waals surface area contributed by atoms with Gasteiger partial charge in [-0.05, 0) is 85.5 Å². The smallest absolute Gasteiger partial charge is 0.329 e. The van der Waals surface area contributed by atoms with Crippen LogP contribution in [0.25, 0.3) is 0 Å². The molecule has 1 heterocycles. The summed E-state index contributed by atoms with van der Waals surface area (Å²) in [6, 6.07) is 9.62. The molecule has 0 N–H and O–H groups in total. The summed E-state index contributed by atoms with van der Waals surface area (Å²) in [5, 5.41) is 1.16. The number of halogens is 2. The van der Waals surface area contributed by atoms with Crippen LogP contribution in [-0.2, 0) is 80.8 Å². The molecule has 400 valence electrons. The number of hydrogen-bond donors (Lipinski definition) is 0. The van der Waals surface area contributed by atoms with E-state index in [1.807, 2.05) is 79.7 Å². The van der Waals surface area contributed by atoms with Crippen LogP contribution >= 0.6 is 31.9 Å². The Labute approximate surface area is 443 Å². The fourth-order valence-corrected chi connectivity index (χ4v) is 9.19. The molecular formula is C54H78Br2N4O12. The predicted octanol–water partition coefficient (Wildman–Crippen LogP) is 7.45. The molecule has 0 unspecified atom stereocenters. The van der Waals surface area contributed by atoms with Gasteiger partial charge in [0.25, 0.3) is 23.6 Å². The zero-order valence-corrected chi connectivity index (χ0v) is 47.8. The fourth-order valence-electron chi connectivity index (χ4n) is 8.44. The van der Waals surface area contributed by atoms with E-state index in [0.717, 1.165) is 30.7 Å². The van der Waals surface area contributed by atoms with Gasteiger partial charge >= 0.3 is 23.9 Å². The van der Waals surface area contributed by atoms with Crippen LogP contribution in [0.1, 0.15) is 117 Å². The second-order valence-electron chi connectivity index (χ2n) is 20.7. The highest BCUT2D eigenvalue weighted by Crippen LogP contribution is 2.25. The lowest BCUT2D eigenvalue weighted by Crippen LogP contribution is -2.55. The lowest BCUT2D eigenvalue weighted by molar-refractivity contribution is -0.176. The molecule has 0 saturated carbocycles. The third kappa shape index (κ3) is 17.7. The Bertz CT molecular complexity index is 2000. The molecule has 1 aliphatic heterocycles. The Kier molecular flexibility index (Phi) is 24.4. The predicted molar refractivity (Wildman–Crippen MR) is 280 cm³/mol. The van der Waals surface area contributed by atoms with Crippen LogP contribution in [0.2, 0.25) is 0 Å². The number of esters is 4. The molecule has 0 bridgehead atoms. The summed E-state index contributed by atoms with van der Waals surface area (Å²) < 4.78 is 23.9. The number of rotatable bonds is 14. The van der Waals surface area contributed by atoms with E-state index >= 15 is 0 Å². The van der Waals surface area contributed by atoms with Crippen LogP contribution in [0.4, 0.5) is 0 Å². The van der Waals surface area contributed by atoms with Crippen molar-refractivity contribution in [1.29, 1.82) is 0 Å². The summed E-state index contributed by atoms with van der Waals surface area (Å²) in [6.45, 7) is 17.6. The monoisotopic (exact) mass is 1130 g/mol. The van der Waals surface area contributed by atoms with Gasteiger partial charge in [-0.25, -0.2) is 19.2 Å². The molecule has 18 heteroatoms. The molecule has 0 spiro atoms. The average molecular weight is 1140 g/mol. The highest BCUT2D eigenvalue weighted by atomic mass is 79.9. The topological polar surface area (TPSA) is 186 Å². The van der Waals surface area contributed by atoms with Gasteiger partial charge in [0.2, 0.25) is 0 Å². The fraction of sp³-hybridized carbons (Fsp3) is 0.630. The SMILES string of the molecule is CC(C)C[C@H]1C(=O)O[C@H](Cc2ccc(CBr)cc2)C(=O)N(C)[C@@H](CC(C)C)C(=O)O[C@H](C)C(=O)N(C)[C@@H](CC(C)C)C(=O)O[C@H](Cc2ccc(CBr)cc2)C(=O)N(C)[C@@H](CC(C)C)C(=O)O[C@H](C)C(=O)N1C. The Morgan fingerprint density at radius 1 is 0.389 bits per heavy atom. The maximum Gasteiger partial charge on any atom is 0.329 e. The van der Waals surface area contributed by atoms with Crippen LogP contribution in [0.3, 0.4) is 0 Å². The van der Waals surface area contributed by atoms with Gasteiger partial charge in [0, 0.05) is 51.7 Å². The Balaban J connectivity index is 2.27. The highest BCUT2D eigenvalue weighted by molar-refractivity contribution is 9.08. The third-order valence-electron chi connectivity index (χ3n) is 12.7. The van der Waals surface area contributed by atoms with Gasteiger partial charge in [-0.2, -0.15) is 0 Å². The molecule has 16 nitrogen and oxygen atoms in total. The van der Waals surface area contributed by atoms with Crippen molar-refractivity contribution in [2.45, 2.75) is 167 Å². The summed E-state index contributed by atoms with van der Waals surface area (Å²) in [5.41, 5.74) is 3.22. The zero-order valence-electron chi connectivity index (χ0n) is 44.6. The summed E-state index contributed by atoms with van der Waals surface area (Å²) in [5.74, 6) is -7.21. The van der Waals surface area contributed by atoms with Crippen molar-refractivity contribution in [2.75, 3.05) is 28.2 Å². The van der Waals surface area contributed by atoms with Crippen molar-refractivity contribution in [3.63, 3.8) is 0 Å². The number of hydrogen-bond acceptors (Lipinski definition) is 12. The van der Waals surface area contributed by atoms with Crippen molar-refractivity contribution >= 4 is 79.4 Å². The number of alkyl halides is 2. The number of benzene rings is 2. The van der Waals surface area contributed by atoms with Gasteiger partial charge in [0.15, 0.2) is 24.4 Å². The first-order valence-corrected chi connectivity index (χ1v) is 27.1. The number of carbonyl (C=O) groups is 8. The minimum absolute atomic E-state index is 0.0955. The minimum Gasteiger partial charge on any atom is -0.451 e. The van der Waals surface area contributed by atoms with Gasteiger partial charge < -0.3 is 38.5 Å². The minimum atomic E-state index is -1.49. The van der Waals surface area contributed by atoms with Crippen molar-refractivity contribution in [1.82, 2.24) is 19.6 Å². The number of likely N-dealkylation sites (N-methyl/N-ethyl adjacent to an activating group) is 4. The first-order chi connectivity index (χ1) is 33.7. The van der Waals surface area contributed by atoms with Crippen molar-refractivity contribution in [3.8, 4) is 0 Å². The number of nitrogens with zero attached hydrogens (tertiary/aromatic N) is 4. The third-order valence-corrected chi connectivity index (χ3v) is 14.0. The van der Waals surface area contributed by atoms with Crippen molar-refractivity contribution in [2.24, 2.45) is 23.7 Å². The van der Waals surface area contributed by atoms with Crippen LogP contribution in [-0.4, -0.2) is 144 Å². The number of ether oxygens (including phenoxy) is 4. The Morgan fingerprint density at radius 2 is 0.611 bits per heavy atom. The largest absolute Gasteiger partial charge is 0.451 e. The highest BCUT2D eigenvalue weighted by Gasteiger charge is 2.43. The van der Waals surface area contributed by atoms with Crippen LogP contribution in [0.5, 0.6) is 0 Å². The van der Waals surface area contributed by atoms with E-state index in [-0.39, 0.29) is 62.2 Å². The lowest BCUT2D eigenvalue weighted by Gasteiger charge is -2.35. The average Bonchev–Trinajstić information content (AvgIpc) is 3.33. The zero-order chi connectivity index (χ0) is 54.3. The molecule has 0 radical (unpaired) electrons. The normalized spacial score (nSPS) is 24.5. The van der Waals surface area contributed by atoms with Gasteiger partial charge in [-0.1, -0.05) is 136 Å².